The lowest BCUT2D eigenvalue weighted by atomic mass is 9.94. The van der Waals surface area contributed by atoms with E-state index in [1.807, 2.05) is 6.92 Å². The Morgan fingerprint density at radius 1 is 1.03 bits per heavy atom. The lowest BCUT2D eigenvalue weighted by Crippen LogP contribution is -2.29. The molecule has 0 aliphatic heterocycles. The fourth-order valence-electron chi connectivity index (χ4n) is 3.19. The number of alkyl halides is 6. The minimum Gasteiger partial charge on any atom is -0.406 e. The summed E-state index contributed by atoms with van der Waals surface area (Å²) in [5.41, 5.74) is 0.864. The molecule has 0 fully saturated rings. The minimum atomic E-state index is -4.85. The predicted molar refractivity (Wildman–Crippen MR) is 115 cm³/mol. The van der Waals surface area contributed by atoms with Crippen LogP contribution < -0.4 is 15.4 Å². The summed E-state index contributed by atoms with van der Waals surface area (Å²) in [5.74, 6) is -1.57. The van der Waals surface area contributed by atoms with Crippen LogP contribution in [0.15, 0.2) is 36.4 Å². The van der Waals surface area contributed by atoms with Gasteiger partial charge in [-0.25, -0.2) is 0 Å². The smallest absolute Gasteiger partial charge is 0.406 e. The van der Waals surface area contributed by atoms with Gasteiger partial charge in [-0.1, -0.05) is 31.6 Å². The fraction of sp³-hybridized carbons (Fsp3) is 0.565. The Balaban J connectivity index is 2.42. The molecule has 2 amide bonds. The molecule has 1 atom stereocenters. The molecule has 1 aromatic rings. The summed E-state index contributed by atoms with van der Waals surface area (Å²) < 4.78 is 77.3. The number of hydrogen-bond acceptors (Lipinski definition) is 3. The average Bonchev–Trinajstić information content (AvgIpc) is 2.72. The fourth-order valence-corrected chi connectivity index (χ4v) is 3.19. The first-order valence-corrected chi connectivity index (χ1v) is 10.9. The zero-order valence-corrected chi connectivity index (χ0v) is 19.0. The van der Waals surface area contributed by atoms with Gasteiger partial charge in [-0.15, -0.1) is 13.2 Å². The van der Waals surface area contributed by atoms with Crippen molar-refractivity contribution in [2.45, 2.75) is 64.4 Å². The number of carbonyl (C=O) groups excluding carboxylic acids is 2. The Bertz CT molecular complexity index is 809. The molecule has 0 heterocycles. The second-order valence-electron chi connectivity index (χ2n) is 7.94. The molecule has 0 saturated carbocycles. The Kier molecular flexibility index (Phi) is 11.9. The SMILES string of the molecule is C=C(CCNC(=O)CCC(F)(F)F)CCC(CCC)CNC(=O)c1cccc(OC(F)(F)F)c1. The molecule has 192 valence electrons. The third kappa shape index (κ3) is 13.7. The number of ether oxygens (including phenoxy) is 1. The number of benzene rings is 1. The van der Waals surface area contributed by atoms with Crippen molar-refractivity contribution in [2.24, 2.45) is 5.92 Å². The van der Waals surface area contributed by atoms with Gasteiger partial charge >= 0.3 is 12.5 Å². The minimum absolute atomic E-state index is 0.0441. The van der Waals surface area contributed by atoms with Crippen molar-refractivity contribution in [3.05, 3.63) is 42.0 Å². The third-order valence-corrected chi connectivity index (χ3v) is 4.92. The molecule has 34 heavy (non-hydrogen) atoms. The monoisotopic (exact) mass is 496 g/mol. The largest absolute Gasteiger partial charge is 0.573 e. The lowest BCUT2D eigenvalue weighted by Gasteiger charge is -2.18. The van der Waals surface area contributed by atoms with Crippen LogP contribution in [0.25, 0.3) is 0 Å². The highest BCUT2D eigenvalue weighted by molar-refractivity contribution is 5.94. The van der Waals surface area contributed by atoms with Crippen LogP contribution in [0.2, 0.25) is 0 Å². The number of hydrogen-bond donors (Lipinski definition) is 2. The van der Waals surface area contributed by atoms with Crippen LogP contribution in [0.1, 0.15) is 62.2 Å². The summed E-state index contributed by atoms with van der Waals surface area (Å²) >= 11 is 0. The van der Waals surface area contributed by atoms with E-state index in [9.17, 15) is 35.9 Å². The molecule has 5 nitrogen and oxygen atoms in total. The first kappa shape index (κ1) is 29.3. The van der Waals surface area contributed by atoms with Crippen LogP contribution in [0.4, 0.5) is 26.3 Å². The van der Waals surface area contributed by atoms with Gasteiger partial charge in [-0.05, 0) is 49.8 Å². The van der Waals surface area contributed by atoms with E-state index >= 15 is 0 Å². The molecule has 11 heteroatoms. The number of amides is 2. The topological polar surface area (TPSA) is 67.4 Å². The number of nitrogens with one attached hydrogen (secondary N) is 2. The van der Waals surface area contributed by atoms with E-state index in [1.54, 1.807) is 0 Å². The molecular formula is C23H30F6N2O3. The Labute approximate surface area is 194 Å². The third-order valence-electron chi connectivity index (χ3n) is 4.92. The molecule has 0 aliphatic rings. The zero-order valence-electron chi connectivity index (χ0n) is 19.0. The first-order valence-electron chi connectivity index (χ1n) is 10.9. The summed E-state index contributed by atoms with van der Waals surface area (Å²) in [5, 5.41) is 5.17. The van der Waals surface area contributed by atoms with Gasteiger partial charge in [0.15, 0.2) is 0 Å². The van der Waals surface area contributed by atoms with Gasteiger partial charge in [0.2, 0.25) is 5.91 Å². The molecule has 0 saturated heterocycles. The van der Waals surface area contributed by atoms with Crippen LogP contribution >= 0.6 is 0 Å². The second-order valence-corrected chi connectivity index (χ2v) is 7.94. The van der Waals surface area contributed by atoms with Crippen molar-refractivity contribution in [3.8, 4) is 5.75 Å². The molecule has 2 N–H and O–H groups in total. The van der Waals surface area contributed by atoms with Gasteiger partial charge in [0.1, 0.15) is 5.75 Å². The van der Waals surface area contributed by atoms with Crippen LogP contribution in [0.5, 0.6) is 5.75 Å². The van der Waals surface area contributed by atoms with E-state index in [0.717, 1.165) is 30.5 Å². The van der Waals surface area contributed by atoms with Crippen molar-refractivity contribution in [3.63, 3.8) is 0 Å². The van der Waals surface area contributed by atoms with Gasteiger partial charge in [0.25, 0.3) is 5.91 Å². The summed E-state index contributed by atoms with van der Waals surface area (Å²) in [6.45, 7) is 6.42. The summed E-state index contributed by atoms with van der Waals surface area (Å²) in [6, 6.07) is 4.81. The highest BCUT2D eigenvalue weighted by Gasteiger charge is 2.31. The Hall–Kier alpha value is -2.72. The normalized spacial score (nSPS) is 12.7. The first-order chi connectivity index (χ1) is 15.8. The summed E-state index contributed by atoms with van der Waals surface area (Å²) in [6.07, 6.45) is -7.62. The van der Waals surface area contributed by atoms with E-state index in [4.69, 9.17) is 0 Å². The standard InChI is InChI=1S/C23H30F6N2O3/c1-3-5-17(9-8-16(2)11-13-30-20(32)10-12-22(24,25)26)15-31-21(33)18-6-4-7-19(14-18)34-23(27,28)29/h4,6-7,14,17H,2-3,5,8-13,15H2,1H3,(H,30,32)(H,31,33). The van der Waals surface area contributed by atoms with E-state index in [-0.39, 0.29) is 18.0 Å². The zero-order chi connectivity index (χ0) is 25.8. The molecule has 0 aromatic heterocycles. The van der Waals surface area contributed by atoms with E-state index < -0.39 is 42.9 Å². The maximum Gasteiger partial charge on any atom is 0.573 e. The highest BCUT2D eigenvalue weighted by Crippen LogP contribution is 2.24. The molecule has 0 spiro atoms. The van der Waals surface area contributed by atoms with Crippen LogP contribution in [-0.2, 0) is 4.79 Å². The van der Waals surface area contributed by atoms with Crippen LogP contribution in [0.3, 0.4) is 0 Å². The van der Waals surface area contributed by atoms with Crippen LogP contribution in [0, 0.1) is 5.92 Å². The molecule has 0 radical (unpaired) electrons. The van der Waals surface area contributed by atoms with Gasteiger partial charge < -0.3 is 15.4 Å². The lowest BCUT2D eigenvalue weighted by molar-refractivity contribution is -0.274. The van der Waals surface area contributed by atoms with Crippen molar-refractivity contribution in [1.29, 1.82) is 0 Å². The van der Waals surface area contributed by atoms with Crippen molar-refractivity contribution >= 4 is 11.8 Å². The quantitative estimate of drug-likeness (QED) is 0.248. The Morgan fingerprint density at radius 3 is 2.35 bits per heavy atom. The maximum absolute atomic E-state index is 12.4. The van der Waals surface area contributed by atoms with Gasteiger partial charge in [0, 0.05) is 25.1 Å². The van der Waals surface area contributed by atoms with Gasteiger partial charge in [-0.3, -0.25) is 9.59 Å². The van der Waals surface area contributed by atoms with Crippen molar-refractivity contribution < 1.29 is 40.7 Å². The molecule has 1 rings (SSSR count). The number of halogens is 6. The number of carbonyl (C=O) groups is 2. The van der Waals surface area contributed by atoms with Crippen molar-refractivity contribution in [1.82, 2.24) is 10.6 Å². The van der Waals surface area contributed by atoms with E-state index in [0.29, 0.717) is 25.8 Å². The summed E-state index contributed by atoms with van der Waals surface area (Å²) in [7, 11) is 0. The summed E-state index contributed by atoms with van der Waals surface area (Å²) in [4.78, 5) is 23.8. The molecule has 1 unspecified atom stereocenters. The van der Waals surface area contributed by atoms with Gasteiger partial charge in [0.05, 0.1) is 6.42 Å². The molecule has 1 aromatic carbocycles. The predicted octanol–water partition coefficient (Wildman–Crippen LogP) is 5.92. The van der Waals surface area contributed by atoms with E-state index in [1.165, 1.54) is 12.1 Å². The van der Waals surface area contributed by atoms with Crippen molar-refractivity contribution in [2.75, 3.05) is 13.1 Å². The molecule has 0 aliphatic carbocycles. The maximum atomic E-state index is 12.4. The number of rotatable bonds is 14. The van der Waals surface area contributed by atoms with Gasteiger partial charge in [-0.2, -0.15) is 13.2 Å². The highest BCUT2D eigenvalue weighted by atomic mass is 19.4. The second kappa shape index (κ2) is 13.9. The molecular weight excluding hydrogens is 466 g/mol. The molecule has 0 bridgehead atoms. The Morgan fingerprint density at radius 2 is 1.74 bits per heavy atom. The van der Waals surface area contributed by atoms with E-state index in [2.05, 4.69) is 21.9 Å². The van der Waals surface area contributed by atoms with Crippen LogP contribution in [-0.4, -0.2) is 37.4 Å². The average molecular weight is 496 g/mol.